The Bertz CT molecular complexity index is 644. The molecule has 0 bridgehead atoms. The summed E-state index contributed by atoms with van der Waals surface area (Å²) in [5.74, 6) is 0. The van der Waals surface area contributed by atoms with Crippen LogP contribution >= 0.6 is 15.9 Å². The number of anilines is 1. The van der Waals surface area contributed by atoms with E-state index in [1.165, 1.54) is 11.6 Å². The third kappa shape index (κ3) is 3.82. The van der Waals surface area contributed by atoms with Gasteiger partial charge in [-0.1, -0.05) is 43.7 Å². The van der Waals surface area contributed by atoms with Crippen LogP contribution in [0, 0.1) is 10.1 Å². The quantitative estimate of drug-likeness (QED) is 0.595. The third-order valence-electron chi connectivity index (χ3n) is 3.26. The van der Waals surface area contributed by atoms with E-state index < -0.39 is 0 Å². The fourth-order valence-corrected chi connectivity index (χ4v) is 2.76. The minimum Gasteiger partial charge on any atom is -0.381 e. The molecule has 0 fully saturated rings. The number of halogens is 1. The summed E-state index contributed by atoms with van der Waals surface area (Å²) in [6, 6.07) is 13.2. The minimum absolute atomic E-state index is 0.0937. The molecule has 0 unspecified atom stereocenters. The Morgan fingerprint density at radius 3 is 2.57 bits per heavy atom. The number of nitrogens with zero attached hydrogens (tertiary/aromatic N) is 1. The van der Waals surface area contributed by atoms with E-state index in [-0.39, 0.29) is 10.6 Å². The van der Waals surface area contributed by atoms with Crippen molar-refractivity contribution >= 4 is 27.3 Å². The highest BCUT2D eigenvalue weighted by Crippen LogP contribution is 2.29. The van der Waals surface area contributed by atoms with E-state index in [9.17, 15) is 10.1 Å². The molecule has 1 N–H and O–H groups in total. The maximum absolute atomic E-state index is 10.9. The van der Waals surface area contributed by atoms with Crippen molar-refractivity contribution in [2.24, 2.45) is 0 Å². The van der Waals surface area contributed by atoms with Crippen molar-refractivity contribution in [1.29, 1.82) is 0 Å². The van der Waals surface area contributed by atoms with Crippen molar-refractivity contribution in [3.05, 3.63) is 68.2 Å². The highest BCUT2D eigenvalue weighted by Gasteiger charge is 2.14. The van der Waals surface area contributed by atoms with Crippen molar-refractivity contribution in [3.8, 4) is 0 Å². The first-order valence-corrected chi connectivity index (χ1v) is 7.66. The lowest BCUT2D eigenvalue weighted by Crippen LogP contribution is -2.04. The van der Waals surface area contributed by atoms with E-state index in [4.69, 9.17) is 0 Å². The summed E-state index contributed by atoms with van der Waals surface area (Å²) < 4.78 is 0.537. The number of para-hydroxylation sites is 1. The first-order valence-electron chi connectivity index (χ1n) is 6.87. The first kappa shape index (κ1) is 15.5. The number of nitro benzene ring substituents is 1. The van der Waals surface area contributed by atoms with E-state index in [1.807, 2.05) is 24.3 Å². The van der Waals surface area contributed by atoms with E-state index in [2.05, 4.69) is 34.2 Å². The average molecular weight is 349 g/mol. The summed E-state index contributed by atoms with van der Waals surface area (Å²) in [4.78, 5) is 10.6. The zero-order valence-corrected chi connectivity index (χ0v) is 13.4. The van der Waals surface area contributed by atoms with Crippen LogP contribution in [0.1, 0.15) is 24.5 Å². The molecular weight excluding hydrogens is 332 g/mol. The topological polar surface area (TPSA) is 55.2 Å². The summed E-state index contributed by atoms with van der Waals surface area (Å²) in [7, 11) is 0. The van der Waals surface area contributed by atoms with E-state index in [1.54, 1.807) is 6.07 Å². The molecule has 0 amide bonds. The molecule has 0 aliphatic rings. The van der Waals surface area contributed by atoms with Crippen LogP contribution in [0.15, 0.2) is 46.9 Å². The molecule has 2 aromatic carbocycles. The number of nitrogens with one attached hydrogen (secondary N) is 1. The lowest BCUT2D eigenvalue weighted by Gasteiger charge is -2.12. The summed E-state index contributed by atoms with van der Waals surface area (Å²) in [5, 5.41) is 14.3. The summed E-state index contributed by atoms with van der Waals surface area (Å²) in [6.45, 7) is 2.69. The molecule has 4 nitrogen and oxygen atoms in total. The highest BCUT2D eigenvalue weighted by molar-refractivity contribution is 9.10. The van der Waals surface area contributed by atoms with Crippen LogP contribution in [0.4, 0.5) is 11.4 Å². The third-order valence-corrected chi connectivity index (χ3v) is 4.18. The second-order valence-electron chi connectivity index (χ2n) is 4.77. The molecule has 0 atom stereocenters. The maximum atomic E-state index is 10.9. The smallest absolute Gasteiger partial charge is 0.283 e. The maximum Gasteiger partial charge on any atom is 0.283 e. The average Bonchev–Trinajstić information content (AvgIpc) is 2.47. The molecule has 2 rings (SSSR count). The van der Waals surface area contributed by atoms with Gasteiger partial charge >= 0.3 is 0 Å². The molecule has 0 heterocycles. The monoisotopic (exact) mass is 348 g/mol. The number of aryl methyl sites for hydroxylation is 1. The van der Waals surface area contributed by atoms with Gasteiger partial charge in [0.05, 0.1) is 4.92 Å². The van der Waals surface area contributed by atoms with Crippen LogP contribution in [0.25, 0.3) is 0 Å². The van der Waals surface area contributed by atoms with Gasteiger partial charge in [0.25, 0.3) is 5.69 Å². The Kier molecular flexibility index (Phi) is 5.33. The van der Waals surface area contributed by atoms with Crippen molar-refractivity contribution < 1.29 is 4.92 Å². The number of hydrogen-bond donors (Lipinski definition) is 1. The van der Waals surface area contributed by atoms with E-state index in [0.717, 1.165) is 24.1 Å². The minimum atomic E-state index is -0.376. The number of benzene rings is 2. The fourth-order valence-electron chi connectivity index (χ4n) is 2.21. The van der Waals surface area contributed by atoms with Gasteiger partial charge in [-0.2, -0.15) is 0 Å². The van der Waals surface area contributed by atoms with Gasteiger partial charge in [0, 0.05) is 18.3 Å². The standard InChI is InChI=1S/C16H17BrN2O2/c1-2-6-12-7-3-4-9-14(12)18-11-13-8-5-10-15(16(13)17)19(20)21/h3-5,7-10,18H,2,6,11H2,1H3. The molecule has 0 radical (unpaired) electrons. The molecule has 0 aliphatic carbocycles. The van der Waals surface area contributed by atoms with Crippen molar-refractivity contribution in [2.45, 2.75) is 26.3 Å². The first-order chi connectivity index (χ1) is 10.1. The number of hydrogen-bond acceptors (Lipinski definition) is 3. The summed E-state index contributed by atoms with van der Waals surface area (Å²) in [5.41, 5.74) is 3.31. The second-order valence-corrected chi connectivity index (χ2v) is 5.56. The van der Waals surface area contributed by atoms with Crippen LogP contribution < -0.4 is 5.32 Å². The lowest BCUT2D eigenvalue weighted by molar-refractivity contribution is -0.385. The second kappa shape index (κ2) is 7.22. The van der Waals surface area contributed by atoms with Crippen LogP contribution in [0.3, 0.4) is 0 Å². The Balaban J connectivity index is 2.17. The largest absolute Gasteiger partial charge is 0.381 e. The molecule has 0 spiro atoms. The van der Waals surface area contributed by atoms with Gasteiger partial charge in [-0.05, 0) is 39.5 Å². The number of nitro groups is 1. The summed E-state index contributed by atoms with van der Waals surface area (Å²) >= 11 is 3.32. The SMILES string of the molecule is CCCc1ccccc1NCc1cccc([N+](=O)[O-])c1Br. The zero-order chi connectivity index (χ0) is 15.2. The molecule has 110 valence electrons. The molecule has 5 heteroatoms. The van der Waals surface area contributed by atoms with Gasteiger partial charge in [-0.25, -0.2) is 0 Å². The Labute approximate surface area is 132 Å². The van der Waals surface area contributed by atoms with Crippen molar-refractivity contribution in [3.63, 3.8) is 0 Å². The normalized spacial score (nSPS) is 10.4. The Morgan fingerprint density at radius 2 is 1.86 bits per heavy atom. The van der Waals surface area contributed by atoms with Gasteiger partial charge in [-0.15, -0.1) is 0 Å². The molecule has 2 aromatic rings. The predicted molar refractivity (Wildman–Crippen MR) is 88.6 cm³/mol. The van der Waals surface area contributed by atoms with Crippen LogP contribution in [-0.4, -0.2) is 4.92 Å². The summed E-state index contributed by atoms with van der Waals surface area (Å²) in [6.07, 6.45) is 2.10. The molecule has 21 heavy (non-hydrogen) atoms. The van der Waals surface area contributed by atoms with Crippen LogP contribution in [0.5, 0.6) is 0 Å². The molecule has 0 saturated heterocycles. The van der Waals surface area contributed by atoms with Crippen molar-refractivity contribution in [2.75, 3.05) is 5.32 Å². The Hall–Kier alpha value is -1.88. The van der Waals surface area contributed by atoms with E-state index >= 15 is 0 Å². The molecule has 0 saturated carbocycles. The fraction of sp³-hybridized carbons (Fsp3) is 0.250. The van der Waals surface area contributed by atoms with Crippen LogP contribution in [0.2, 0.25) is 0 Å². The molecular formula is C16H17BrN2O2. The van der Waals surface area contributed by atoms with Crippen LogP contribution in [-0.2, 0) is 13.0 Å². The lowest BCUT2D eigenvalue weighted by atomic mass is 10.1. The predicted octanol–water partition coefficient (Wildman–Crippen LogP) is 4.92. The number of rotatable bonds is 6. The van der Waals surface area contributed by atoms with E-state index in [0.29, 0.717) is 11.0 Å². The van der Waals surface area contributed by atoms with Gasteiger partial charge < -0.3 is 5.32 Å². The molecule has 0 aliphatic heterocycles. The van der Waals surface area contributed by atoms with Crippen molar-refractivity contribution in [1.82, 2.24) is 0 Å². The van der Waals surface area contributed by atoms with Gasteiger partial charge in [0.1, 0.15) is 4.47 Å². The molecule has 0 aromatic heterocycles. The Morgan fingerprint density at radius 1 is 1.14 bits per heavy atom. The highest BCUT2D eigenvalue weighted by atomic mass is 79.9. The van der Waals surface area contributed by atoms with Gasteiger partial charge in [0.15, 0.2) is 0 Å². The van der Waals surface area contributed by atoms with Gasteiger partial charge in [0.2, 0.25) is 0 Å². The zero-order valence-electron chi connectivity index (χ0n) is 11.8. The van der Waals surface area contributed by atoms with Gasteiger partial charge in [-0.3, -0.25) is 10.1 Å².